The van der Waals surface area contributed by atoms with Gasteiger partial charge in [-0.1, -0.05) is 0 Å². The normalized spacial score (nSPS) is 12.1. The maximum Gasteiger partial charge on any atom is 0.0991 e. The summed E-state index contributed by atoms with van der Waals surface area (Å²) >= 11 is 0. The van der Waals surface area contributed by atoms with Gasteiger partial charge in [-0.2, -0.15) is 5.26 Å². The number of anilines is 1. The van der Waals surface area contributed by atoms with E-state index in [1.165, 1.54) is 0 Å². The molecular weight excluding hydrogens is 164 g/mol. The number of nitrogen functional groups attached to an aromatic ring is 1. The highest BCUT2D eigenvalue weighted by Gasteiger charge is 2.08. The zero-order valence-corrected chi connectivity index (χ0v) is 7.20. The van der Waals surface area contributed by atoms with Crippen molar-refractivity contribution in [2.75, 3.05) is 12.3 Å². The molecule has 0 heterocycles. The van der Waals surface area contributed by atoms with Crippen LogP contribution in [0.15, 0.2) is 18.2 Å². The summed E-state index contributed by atoms with van der Waals surface area (Å²) in [5.74, 6) is 0. The van der Waals surface area contributed by atoms with Gasteiger partial charge in [0.05, 0.1) is 11.6 Å². The summed E-state index contributed by atoms with van der Waals surface area (Å²) < 4.78 is 0. The average Bonchev–Trinajstić information content (AvgIpc) is 2.17. The maximum atomic E-state index is 8.64. The topological polar surface area (TPSA) is 102 Å². The summed E-state index contributed by atoms with van der Waals surface area (Å²) in [7, 11) is 0. The molecule has 0 spiro atoms. The van der Waals surface area contributed by atoms with Gasteiger partial charge in [0.15, 0.2) is 0 Å². The highest BCUT2D eigenvalue weighted by molar-refractivity contribution is 5.52. The van der Waals surface area contributed by atoms with Gasteiger partial charge in [-0.25, -0.2) is 0 Å². The van der Waals surface area contributed by atoms with E-state index in [2.05, 4.69) is 0 Å². The van der Waals surface area contributed by atoms with Crippen LogP contribution in [0.2, 0.25) is 0 Å². The van der Waals surface area contributed by atoms with Crippen LogP contribution in [0.3, 0.4) is 0 Å². The van der Waals surface area contributed by atoms with Crippen molar-refractivity contribution in [2.45, 2.75) is 6.04 Å². The van der Waals surface area contributed by atoms with E-state index in [9.17, 15) is 0 Å². The third-order valence-electron chi connectivity index (χ3n) is 1.87. The molecular formula is C9H12N4. The predicted molar refractivity (Wildman–Crippen MR) is 51.6 cm³/mol. The van der Waals surface area contributed by atoms with Gasteiger partial charge in [-0.15, -0.1) is 0 Å². The maximum absolute atomic E-state index is 8.64. The number of hydrogen-bond acceptors (Lipinski definition) is 4. The van der Waals surface area contributed by atoms with Crippen LogP contribution in [-0.4, -0.2) is 6.54 Å². The van der Waals surface area contributed by atoms with E-state index in [0.29, 0.717) is 17.8 Å². The van der Waals surface area contributed by atoms with E-state index >= 15 is 0 Å². The van der Waals surface area contributed by atoms with Crippen molar-refractivity contribution in [3.05, 3.63) is 29.3 Å². The lowest BCUT2D eigenvalue weighted by Crippen LogP contribution is -2.21. The summed E-state index contributed by atoms with van der Waals surface area (Å²) in [4.78, 5) is 0. The van der Waals surface area contributed by atoms with Crippen LogP contribution in [0.5, 0.6) is 0 Å². The summed E-state index contributed by atoms with van der Waals surface area (Å²) in [6, 6.07) is 6.72. The molecule has 1 rings (SSSR count). The molecule has 0 aliphatic rings. The van der Waals surface area contributed by atoms with Crippen molar-refractivity contribution < 1.29 is 0 Å². The molecule has 4 nitrogen and oxygen atoms in total. The molecule has 4 heteroatoms. The van der Waals surface area contributed by atoms with E-state index in [1.54, 1.807) is 18.2 Å². The number of nitrogens with two attached hydrogens (primary N) is 3. The van der Waals surface area contributed by atoms with Crippen molar-refractivity contribution >= 4 is 5.69 Å². The average molecular weight is 176 g/mol. The first-order chi connectivity index (χ1) is 6.19. The van der Waals surface area contributed by atoms with Crippen molar-refractivity contribution in [3.63, 3.8) is 0 Å². The smallest absolute Gasteiger partial charge is 0.0991 e. The standard InChI is InChI=1S/C9H12N4/c10-4-6-1-2-8(12)7(3-6)9(13)5-11/h1-3,9H,5,11-13H2/t9-/m1/s1. The molecule has 0 amide bonds. The highest BCUT2D eigenvalue weighted by Crippen LogP contribution is 2.19. The Morgan fingerprint density at radius 2 is 2.15 bits per heavy atom. The Hall–Kier alpha value is -1.57. The lowest BCUT2D eigenvalue weighted by Gasteiger charge is -2.11. The Bertz CT molecular complexity index is 340. The van der Waals surface area contributed by atoms with E-state index in [1.807, 2.05) is 6.07 Å². The molecule has 0 aliphatic heterocycles. The van der Waals surface area contributed by atoms with Crippen molar-refractivity contribution in [3.8, 4) is 6.07 Å². The van der Waals surface area contributed by atoms with Gasteiger partial charge < -0.3 is 17.2 Å². The fourth-order valence-corrected chi connectivity index (χ4v) is 1.09. The molecule has 13 heavy (non-hydrogen) atoms. The predicted octanol–water partition coefficient (Wildman–Crippen LogP) is 0.0990. The van der Waals surface area contributed by atoms with Crippen LogP contribution < -0.4 is 17.2 Å². The number of hydrogen-bond donors (Lipinski definition) is 3. The first kappa shape index (κ1) is 9.52. The minimum absolute atomic E-state index is 0.298. The fourth-order valence-electron chi connectivity index (χ4n) is 1.09. The molecule has 0 saturated heterocycles. The third-order valence-corrected chi connectivity index (χ3v) is 1.87. The molecule has 0 bridgehead atoms. The summed E-state index contributed by atoms with van der Waals surface area (Å²) in [6.45, 7) is 0.319. The number of nitriles is 1. The van der Waals surface area contributed by atoms with Gasteiger partial charge >= 0.3 is 0 Å². The van der Waals surface area contributed by atoms with Gasteiger partial charge in [-0.3, -0.25) is 0 Å². The van der Waals surface area contributed by atoms with E-state index in [0.717, 1.165) is 5.56 Å². The van der Waals surface area contributed by atoms with Crippen LogP contribution in [0.4, 0.5) is 5.69 Å². The SMILES string of the molecule is N#Cc1ccc(N)c([C@H](N)CN)c1. The first-order valence-corrected chi connectivity index (χ1v) is 3.94. The van der Waals surface area contributed by atoms with Gasteiger partial charge in [0, 0.05) is 18.3 Å². The molecule has 0 saturated carbocycles. The van der Waals surface area contributed by atoms with Crippen LogP contribution in [0.25, 0.3) is 0 Å². The molecule has 0 radical (unpaired) electrons. The minimum atomic E-state index is -0.298. The number of benzene rings is 1. The Labute approximate surface area is 76.9 Å². The largest absolute Gasteiger partial charge is 0.398 e. The van der Waals surface area contributed by atoms with Crippen molar-refractivity contribution in [1.82, 2.24) is 0 Å². The van der Waals surface area contributed by atoms with Crippen LogP contribution in [-0.2, 0) is 0 Å². The van der Waals surface area contributed by atoms with E-state index in [4.69, 9.17) is 22.5 Å². The second kappa shape index (κ2) is 3.90. The second-order valence-electron chi connectivity index (χ2n) is 2.80. The third kappa shape index (κ3) is 1.96. The summed E-state index contributed by atoms with van der Waals surface area (Å²) in [5.41, 5.74) is 18.6. The van der Waals surface area contributed by atoms with Gasteiger partial charge in [0.2, 0.25) is 0 Å². The second-order valence-corrected chi connectivity index (χ2v) is 2.80. The van der Waals surface area contributed by atoms with Gasteiger partial charge in [0.1, 0.15) is 0 Å². The number of rotatable bonds is 2. The quantitative estimate of drug-likeness (QED) is 0.556. The zero-order valence-electron chi connectivity index (χ0n) is 7.20. The number of nitrogens with zero attached hydrogens (tertiary/aromatic N) is 1. The zero-order chi connectivity index (χ0) is 9.84. The molecule has 1 aromatic rings. The molecule has 0 aliphatic carbocycles. The molecule has 0 aromatic heterocycles. The monoisotopic (exact) mass is 176 g/mol. The Kier molecular flexibility index (Phi) is 2.85. The molecule has 1 aromatic carbocycles. The van der Waals surface area contributed by atoms with Crippen molar-refractivity contribution in [1.29, 1.82) is 5.26 Å². The Balaban J connectivity index is 3.12. The molecule has 6 N–H and O–H groups in total. The Morgan fingerprint density at radius 3 is 2.69 bits per heavy atom. The summed E-state index contributed by atoms with van der Waals surface area (Å²) in [5, 5.41) is 8.64. The van der Waals surface area contributed by atoms with E-state index in [-0.39, 0.29) is 6.04 Å². The molecule has 68 valence electrons. The first-order valence-electron chi connectivity index (χ1n) is 3.94. The fraction of sp³-hybridized carbons (Fsp3) is 0.222. The lowest BCUT2D eigenvalue weighted by molar-refractivity contribution is 0.739. The molecule has 0 fully saturated rings. The van der Waals surface area contributed by atoms with Gasteiger partial charge in [-0.05, 0) is 23.8 Å². The Morgan fingerprint density at radius 1 is 1.46 bits per heavy atom. The van der Waals surface area contributed by atoms with Crippen LogP contribution in [0.1, 0.15) is 17.2 Å². The lowest BCUT2D eigenvalue weighted by atomic mass is 10.0. The van der Waals surface area contributed by atoms with Crippen LogP contribution in [0, 0.1) is 11.3 Å². The summed E-state index contributed by atoms with van der Waals surface area (Å²) in [6.07, 6.45) is 0. The van der Waals surface area contributed by atoms with Crippen LogP contribution >= 0.6 is 0 Å². The van der Waals surface area contributed by atoms with Gasteiger partial charge in [0.25, 0.3) is 0 Å². The molecule has 1 atom stereocenters. The highest BCUT2D eigenvalue weighted by atomic mass is 14.7. The van der Waals surface area contributed by atoms with Crippen molar-refractivity contribution in [2.24, 2.45) is 11.5 Å². The minimum Gasteiger partial charge on any atom is -0.398 e. The van der Waals surface area contributed by atoms with E-state index < -0.39 is 0 Å². The molecule has 0 unspecified atom stereocenters.